The number of rotatable bonds is 5. The van der Waals surface area contributed by atoms with Crippen molar-refractivity contribution in [2.75, 3.05) is 13.7 Å². The minimum atomic E-state index is -0.375. The molecule has 0 aliphatic carbocycles. The lowest BCUT2D eigenvalue weighted by atomic mass is 10.2. The van der Waals surface area contributed by atoms with Crippen LogP contribution in [0.2, 0.25) is 0 Å². The molecule has 0 saturated heterocycles. The van der Waals surface area contributed by atoms with Gasteiger partial charge in [0.05, 0.1) is 6.61 Å². The summed E-state index contributed by atoms with van der Waals surface area (Å²) in [5.74, 6) is -0.374. The Balaban J connectivity index is 3.79. The van der Waals surface area contributed by atoms with Gasteiger partial charge in [0.1, 0.15) is 6.04 Å². The van der Waals surface area contributed by atoms with Crippen LogP contribution in [0.4, 0.5) is 0 Å². The topological polar surface area (TPSA) is 64.3 Å². The first-order chi connectivity index (χ1) is 5.07. The molecule has 3 N–H and O–H groups in total. The highest BCUT2D eigenvalue weighted by Gasteiger charge is 2.14. The summed E-state index contributed by atoms with van der Waals surface area (Å²) < 4.78 is 4.80. The van der Waals surface area contributed by atoms with Crippen LogP contribution in [0.3, 0.4) is 0 Å². The fourth-order valence-corrected chi connectivity index (χ4v) is 0.781. The lowest BCUT2D eigenvalue weighted by molar-refractivity contribution is -0.121. The summed E-state index contributed by atoms with van der Waals surface area (Å²) in [6.45, 7) is 4.23. The summed E-state index contributed by atoms with van der Waals surface area (Å²) in [7, 11) is 1.54. The SMILES string of the molecule is COC[C@H](NC(C)C)C(N)=O. The van der Waals surface area contributed by atoms with E-state index in [0.29, 0.717) is 6.61 Å². The van der Waals surface area contributed by atoms with E-state index < -0.39 is 0 Å². The molecule has 0 aromatic rings. The summed E-state index contributed by atoms with van der Waals surface area (Å²) in [6.07, 6.45) is 0. The smallest absolute Gasteiger partial charge is 0.236 e. The second-order valence-corrected chi connectivity index (χ2v) is 2.73. The van der Waals surface area contributed by atoms with E-state index in [4.69, 9.17) is 10.5 Å². The van der Waals surface area contributed by atoms with Gasteiger partial charge in [0.2, 0.25) is 5.91 Å². The van der Waals surface area contributed by atoms with E-state index in [-0.39, 0.29) is 18.0 Å². The maximum atomic E-state index is 10.7. The minimum absolute atomic E-state index is 0.239. The predicted molar refractivity (Wildman–Crippen MR) is 43.1 cm³/mol. The van der Waals surface area contributed by atoms with Gasteiger partial charge in [-0.15, -0.1) is 0 Å². The Hall–Kier alpha value is -0.610. The number of ether oxygens (including phenoxy) is 1. The van der Waals surface area contributed by atoms with Crippen LogP contribution in [0.5, 0.6) is 0 Å². The predicted octanol–water partition coefficient (Wildman–Crippen LogP) is -0.515. The number of methoxy groups -OCH3 is 1. The lowest BCUT2D eigenvalue weighted by Crippen LogP contribution is -2.47. The van der Waals surface area contributed by atoms with Crippen LogP contribution in [-0.4, -0.2) is 31.7 Å². The van der Waals surface area contributed by atoms with Gasteiger partial charge >= 0.3 is 0 Å². The summed E-state index contributed by atoms with van der Waals surface area (Å²) >= 11 is 0. The first-order valence-electron chi connectivity index (χ1n) is 3.62. The monoisotopic (exact) mass is 160 g/mol. The van der Waals surface area contributed by atoms with Crippen LogP contribution in [-0.2, 0) is 9.53 Å². The zero-order chi connectivity index (χ0) is 8.85. The van der Waals surface area contributed by atoms with Crippen molar-refractivity contribution in [2.45, 2.75) is 25.9 Å². The highest BCUT2D eigenvalue weighted by Crippen LogP contribution is 1.87. The summed E-state index contributed by atoms with van der Waals surface area (Å²) in [5.41, 5.74) is 5.09. The van der Waals surface area contributed by atoms with Crippen molar-refractivity contribution in [3.05, 3.63) is 0 Å². The van der Waals surface area contributed by atoms with Gasteiger partial charge < -0.3 is 15.8 Å². The number of hydrogen-bond acceptors (Lipinski definition) is 3. The molecule has 0 unspecified atom stereocenters. The zero-order valence-electron chi connectivity index (χ0n) is 7.26. The summed E-state index contributed by atoms with van der Waals surface area (Å²) in [5, 5.41) is 2.98. The van der Waals surface area contributed by atoms with Crippen molar-refractivity contribution in [2.24, 2.45) is 5.73 Å². The van der Waals surface area contributed by atoms with E-state index >= 15 is 0 Å². The van der Waals surface area contributed by atoms with Gasteiger partial charge in [-0.05, 0) is 0 Å². The Bertz CT molecular complexity index is 126. The number of primary amides is 1. The first kappa shape index (κ1) is 10.4. The molecular formula is C7H16N2O2. The molecule has 11 heavy (non-hydrogen) atoms. The number of carbonyl (C=O) groups excluding carboxylic acids is 1. The third-order valence-electron chi connectivity index (χ3n) is 1.21. The number of carbonyl (C=O) groups is 1. The van der Waals surface area contributed by atoms with Crippen molar-refractivity contribution in [3.8, 4) is 0 Å². The lowest BCUT2D eigenvalue weighted by Gasteiger charge is -2.16. The number of amides is 1. The molecule has 0 aliphatic rings. The fourth-order valence-electron chi connectivity index (χ4n) is 0.781. The summed E-state index contributed by atoms with van der Waals surface area (Å²) in [4.78, 5) is 10.7. The molecule has 0 rings (SSSR count). The quantitative estimate of drug-likeness (QED) is 0.569. The Kier molecular flexibility index (Phi) is 4.81. The van der Waals surface area contributed by atoms with Gasteiger partial charge in [-0.3, -0.25) is 4.79 Å². The van der Waals surface area contributed by atoms with Gasteiger partial charge in [0.25, 0.3) is 0 Å². The standard InChI is InChI=1S/C7H16N2O2/c1-5(2)9-6(4-11-3)7(8)10/h5-6,9H,4H2,1-3H3,(H2,8,10)/t6-/m0/s1. The molecule has 0 radical (unpaired) electrons. The third kappa shape index (κ3) is 4.75. The van der Waals surface area contributed by atoms with Crippen molar-refractivity contribution < 1.29 is 9.53 Å². The molecule has 0 bridgehead atoms. The van der Waals surface area contributed by atoms with Crippen LogP contribution in [0.1, 0.15) is 13.8 Å². The first-order valence-corrected chi connectivity index (χ1v) is 3.62. The molecule has 0 heterocycles. The molecule has 4 nitrogen and oxygen atoms in total. The van der Waals surface area contributed by atoms with E-state index in [2.05, 4.69) is 5.32 Å². The molecule has 0 fully saturated rings. The van der Waals surface area contributed by atoms with Crippen LogP contribution >= 0.6 is 0 Å². The van der Waals surface area contributed by atoms with Crippen LogP contribution < -0.4 is 11.1 Å². The fraction of sp³-hybridized carbons (Fsp3) is 0.857. The Morgan fingerprint density at radius 2 is 2.18 bits per heavy atom. The molecule has 0 aliphatic heterocycles. The Morgan fingerprint density at radius 1 is 1.64 bits per heavy atom. The second kappa shape index (κ2) is 5.09. The molecule has 1 amide bonds. The number of nitrogens with two attached hydrogens (primary N) is 1. The normalized spacial score (nSPS) is 13.5. The van der Waals surface area contributed by atoms with Gasteiger partial charge in [-0.1, -0.05) is 13.8 Å². The average Bonchev–Trinajstić information content (AvgIpc) is 1.86. The maximum Gasteiger partial charge on any atom is 0.236 e. The second-order valence-electron chi connectivity index (χ2n) is 2.73. The molecule has 66 valence electrons. The highest BCUT2D eigenvalue weighted by atomic mass is 16.5. The van der Waals surface area contributed by atoms with Crippen LogP contribution in [0.25, 0.3) is 0 Å². The molecule has 0 aromatic carbocycles. The van der Waals surface area contributed by atoms with E-state index in [1.807, 2.05) is 13.8 Å². The van der Waals surface area contributed by atoms with Crippen molar-refractivity contribution in [1.29, 1.82) is 0 Å². The highest BCUT2D eigenvalue weighted by molar-refractivity contribution is 5.80. The summed E-state index contributed by atoms with van der Waals surface area (Å²) in [6, 6.07) is -0.136. The van der Waals surface area contributed by atoms with Crippen molar-refractivity contribution in [3.63, 3.8) is 0 Å². The number of hydrogen-bond donors (Lipinski definition) is 2. The molecule has 0 saturated carbocycles. The minimum Gasteiger partial charge on any atom is -0.383 e. The largest absolute Gasteiger partial charge is 0.383 e. The van der Waals surface area contributed by atoms with E-state index in [0.717, 1.165) is 0 Å². The van der Waals surface area contributed by atoms with Crippen molar-refractivity contribution >= 4 is 5.91 Å². The van der Waals surface area contributed by atoms with Crippen LogP contribution in [0, 0.1) is 0 Å². The Labute approximate surface area is 67.1 Å². The Morgan fingerprint density at radius 3 is 2.45 bits per heavy atom. The third-order valence-corrected chi connectivity index (χ3v) is 1.21. The van der Waals surface area contributed by atoms with Gasteiger partial charge in [-0.2, -0.15) is 0 Å². The van der Waals surface area contributed by atoms with Crippen LogP contribution in [0.15, 0.2) is 0 Å². The van der Waals surface area contributed by atoms with Gasteiger partial charge in [0.15, 0.2) is 0 Å². The maximum absolute atomic E-state index is 10.7. The molecule has 0 spiro atoms. The van der Waals surface area contributed by atoms with Gasteiger partial charge in [-0.25, -0.2) is 0 Å². The van der Waals surface area contributed by atoms with E-state index in [9.17, 15) is 4.79 Å². The number of nitrogens with one attached hydrogen (secondary N) is 1. The van der Waals surface area contributed by atoms with E-state index in [1.54, 1.807) is 0 Å². The van der Waals surface area contributed by atoms with Gasteiger partial charge in [0, 0.05) is 13.2 Å². The zero-order valence-corrected chi connectivity index (χ0v) is 7.26. The molecular weight excluding hydrogens is 144 g/mol. The van der Waals surface area contributed by atoms with Crippen molar-refractivity contribution in [1.82, 2.24) is 5.32 Å². The van der Waals surface area contributed by atoms with E-state index in [1.165, 1.54) is 7.11 Å². The average molecular weight is 160 g/mol. The molecule has 4 heteroatoms. The molecule has 0 aromatic heterocycles. The molecule has 1 atom stereocenters.